The Hall–Kier alpha value is -3.65. The standard InChI is InChI=1S/C25H20FN3O3S/c26-22-7-6-18(13-24(22)33(31,32)29-25-3-1-2-9-28-25)20-14-21(20)23(30)12-16-4-5-19-15-27-10-8-17(19)11-16/h1-11,13,15,20-21H,12,14H2,(H,28,29)/t20-,21+/m0/s1. The SMILES string of the molecule is O=C(Cc1ccc2cnccc2c1)[C@@H]1C[C@H]1c1ccc(F)c(S(=O)(=O)Nc2ccccn2)c1. The molecule has 6 nitrogen and oxygen atoms in total. The van der Waals surface area contributed by atoms with E-state index in [0.29, 0.717) is 18.4 Å². The van der Waals surface area contributed by atoms with Crippen LogP contribution in [0.2, 0.25) is 0 Å². The quantitative estimate of drug-likeness (QED) is 0.438. The third kappa shape index (κ3) is 4.47. The lowest BCUT2D eigenvalue weighted by atomic mass is 10.0. The van der Waals surface area contributed by atoms with E-state index in [0.717, 1.165) is 22.4 Å². The van der Waals surface area contributed by atoms with Crippen LogP contribution in [0.3, 0.4) is 0 Å². The van der Waals surface area contributed by atoms with Crippen molar-refractivity contribution in [1.29, 1.82) is 0 Å². The first kappa shape index (κ1) is 21.2. The minimum Gasteiger partial charge on any atom is -0.299 e. The molecule has 2 aromatic heterocycles. The molecule has 2 atom stereocenters. The van der Waals surface area contributed by atoms with Crippen molar-refractivity contribution in [2.24, 2.45) is 5.92 Å². The zero-order valence-electron chi connectivity index (χ0n) is 17.5. The van der Waals surface area contributed by atoms with E-state index >= 15 is 0 Å². The fourth-order valence-electron chi connectivity index (χ4n) is 4.07. The lowest BCUT2D eigenvalue weighted by molar-refractivity contribution is -0.119. The molecule has 1 aliphatic rings. The number of hydrogen-bond donors (Lipinski definition) is 1. The molecule has 0 amide bonds. The summed E-state index contributed by atoms with van der Waals surface area (Å²) in [5.74, 6) is -0.979. The van der Waals surface area contributed by atoms with Crippen LogP contribution in [-0.4, -0.2) is 24.2 Å². The van der Waals surface area contributed by atoms with Gasteiger partial charge in [0.25, 0.3) is 10.0 Å². The predicted octanol–water partition coefficient (Wildman–Crippen LogP) is 4.49. The van der Waals surface area contributed by atoms with Crippen LogP contribution in [0.4, 0.5) is 10.2 Å². The second-order valence-corrected chi connectivity index (χ2v) is 9.81. The Morgan fingerprint density at radius 3 is 2.73 bits per heavy atom. The van der Waals surface area contributed by atoms with Crippen LogP contribution in [0.15, 0.2) is 84.1 Å². The fraction of sp³-hybridized carbons (Fsp3) is 0.160. The van der Waals surface area contributed by atoms with Gasteiger partial charge in [-0.15, -0.1) is 0 Å². The number of nitrogens with one attached hydrogen (secondary N) is 1. The van der Waals surface area contributed by atoms with E-state index in [1.165, 1.54) is 18.3 Å². The summed E-state index contributed by atoms with van der Waals surface area (Å²) in [7, 11) is -4.16. The number of halogens is 1. The van der Waals surface area contributed by atoms with E-state index in [1.807, 2.05) is 24.3 Å². The smallest absolute Gasteiger partial charge is 0.265 e. The number of fused-ring (bicyclic) bond motifs is 1. The molecule has 1 aliphatic carbocycles. The number of hydrogen-bond acceptors (Lipinski definition) is 5. The van der Waals surface area contributed by atoms with Crippen molar-refractivity contribution in [3.05, 3.63) is 96.2 Å². The minimum atomic E-state index is -4.16. The zero-order valence-corrected chi connectivity index (χ0v) is 18.3. The zero-order chi connectivity index (χ0) is 23.0. The van der Waals surface area contributed by atoms with Gasteiger partial charge in [-0.3, -0.25) is 14.5 Å². The van der Waals surface area contributed by atoms with Crippen molar-refractivity contribution in [2.45, 2.75) is 23.7 Å². The molecule has 1 saturated carbocycles. The van der Waals surface area contributed by atoms with E-state index in [2.05, 4.69) is 14.7 Å². The molecule has 2 heterocycles. The van der Waals surface area contributed by atoms with Crippen molar-refractivity contribution >= 4 is 32.4 Å². The third-order valence-corrected chi connectivity index (χ3v) is 7.23. The molecule has 33 heavy (non-hydrogen) atoms. The molecule has 0 spiro atoms. The number of aromatic nitrogens is 2. The molecule has 2 aromatic carbocycles. The van der Waals surface area contributed by atoms with Gasteiger partial charge in [-0.25, -0.2) is 17.8 Å². The van der Waals surface area contributed by atoms with Gasteiger partial charge < -0.3 is 0 Å². The van der Waals surface area contributed by atoms with Crippen LogP contribution in [0.5, 0.6) is 0 Å². The van der Waals surface area contributed by atoms with Crippen LogP contribution in [0.1, 0.15) is 23.5 Å². The summed E-state index contributed by atoms with van der Waals surface area (Å²) in [6, 6.07) is 16.5. The van der Waals surface area contributed by atoms with Crippen LogP contribution in [-0.2, 0) is 21.2 Å². The molecule has 4 aromatic rings. The highest BCUT2D eigenvalue weighted by Gasteiger charge is 2.43. The number of carbonyl (C=O) groups is 1. The lowest BCUT2D eigenvalue weighted by Gasteiger charge is -2.10. The number of nitrogens with zero attached hydrogens (tertiary/aromatic N) is 2. The maximum Gasteiger partial charge on any atom is 0.265 e. The Labute approximate surface area is 190 Å². The first-order chi connectivity index (χ1) is 15.9. The van der Waals surface area contributed by atoms with Gasteiger partial charge in [0, 0.05) is 36.3 Å². The number of benzene rings is 2. The summed E-state index contributed by atoms with van der Waals surface area (Å²) in [4.78, 5) is 20.4. The summed E-state index contributed by atoms with van der Waals surface area (Å²) in [5.41, 5.74) is 1.56. The van der Waals surface area contributed by atoms with Crippen LogP contribution < -0.4 is 4.72 Å². The van der Waals surface area contributed by atoms with Crippen molar-refractivity contribution in [3.63, 3.8) is 0 Å². The van der Waals surface area contributed by atoms with Gasteiger partial charge >= 0.3 is 0 Å². The third-order valence-electron chi connectivity index (χ3n) is 5.86. The van der Waals surface area contributed by atoms with E-state index in [1.54, 1.807) is 30.6 Å². The van der Waals surface area contributed by atoms with Crippen molar-refractivity contribution in [2.75, 3.05) is 4.72 Å². The number of sulfonamides is 1. The minimum absolute atomic E-state index is 0.0914. The first-order valence-electron chi connectivity index (χ1n) is 10.5. The molecule has 0 radical (unpaired) electrons. The van der Waals surface area contributed by atoms with E-state index < -0.39 is 20.7 Å². The second kappa shape index (κ2) is 8.37. The van der Waals surface area contributed by atoms with Crippen LogP contribution in [0, 0.1) is 11.7 Å². The van der Waals surface area contributed by atoms with Gasteiger partial charge in [-0.2, -0.15) is 0 Å². The average molecular weight is 462 g/mol. The molecule has 166 valence electrons. The summed E-state index contributed by atoms with van der Waals surface area (Å²) in [5, 5.41) is 2.04. The van der Waals surface area contributed by atoms with Gasteiger partial charge in [0.1, 0.15) is 22.3 Å². The molecule has 0 unspecified atom stereocenters. The highest BCUT2D eigenvalue weighted by Crippen LogP contribution is 2.49. The van der Waals surface area contributed by atoms with Crippen molar-refractivity contribution < 1.29 is 17.6 Å². The fourth-order valence-corrected chi connectivity index (χ4v) is 5.19. The molecule has 8 heteroatoms. The molecule has 5 rings (SSSR count). The topological polar surface area (TPSA) is 89.0 Å². The number of rotatable bonds is 7. The van der Waals surface area contributed by atoms with E-state index in [-0.39, 0.29) is 23.4 Å². The van der Waals surface area contributed by atoms with Gasteiger partial charge in [0.2, 0.25) is 0 Å². The summed E-state index contributed by atoms with van der Waals surface area (Å²) in [6.07, 6.45) is 5.86. The predicted molar refractivity (Wildman–Crippen MR) is 123 cm³/mol. The Morgan fingerprint density at radius 1 is 1.03 bits per heavy atom. The largest absolute Gasteiger partial charge is 0.299 e. The Balaban J connectivity index is 1.32. The molecule has 0 bridgehead atoms. The number of anilines is 1. The monoisotopic (exact) mass is 461 g/mol. The second-order valence-electron chi connectivity index (χ2n) is 8.16. The number of Topliss-reactive ketones (excluding diaryl/α,β-unsaturated/α-hetero) is 1. The van der Waals surface area contributed by atoms with Crippen LogP contribution >= 0.6 is 0 Å². The maximum absolute atomic E-state index is 14.4. The molecule has 1 N–H and O–H groups in total. The van der Waals surface area contributed by atoms with Crippen LogP contribution in [0.25, 0.3) is 10.8 Å². The first-order valence-corrected chi connectivity index (χ1v) is 12.0. The average Bonchev–Trinajstić information content (AvgIpc) is 3.61. The van der Waals surface area contributed by atoms with Crippen molar-refractivity contribution in [3.8, 4) is 0 Å². The van der Waals surface area contributed by atoms with Gasteiger partial charge in [-0.1, -0.05) is 30.3 Å². The summed E-state index contributed by atoms with van der Waals surface area (Å²) in [6.45, 7) is 0. The Morgan fingerprint density at radius 2 is 1.91 bits per heavy atom. The number of carbonyl (C=O) groups excluding carboxylic acids is 1. The number of pyridine rings is 2. The van der Waals surface area contributed by atoms with E-state index in [9.17, 15) is 17.6 Å². The molecular weight excluding hydrogens is 441 g/mol. The molecular formula is C25H20FN3O3S. The highest BCUT2D eigenvalue weighted by molar-refractivity contribution is 7.92. The maximum atomic E-state index is 14.4. The Bertz CT molecular complexity index is 1460. The lowest BCUT2D eigenvalue weighted by Crippen LogP contribution is -2.15. The highest BCUT2D eigenvalue weighted by atomic mass is 32.2. The molecule has 1 fully saturated rings. The van der Waals surface area contributed by atoms with Gasteiger partial charge in [0.05, 0.1) is 0 Å². The molecule has 0 saturated heterocycles. The Kier molecular flexibility index (Phi) is 5.38. The van der Waals surface area contributed by atoms with Crippen molar-refractivity contribution in [1.82, 2.24) is 9.97 Å². The van der Waals surface area contributed by atoms with E-state index in [4.69, 9.17) is 0 Å². The van der Waals surface area contributed by atoms with Gasteiger partial charge in [0.15, 0.2) is 0 Å². The normalized spacial score (nSPS) is 17.6. The number of ketones is 1. The molecule has 0 aliphatic heterocycles. The summed E-state index contributed by atoms with van der Waals surface area (Å²) >= 11 is 0. The van der Waals surface area contributed by atoms with Gasteiger partial charge in [-0.05, 0) is 59.2 Å². The summed E-state index contributed by atoms with van der Waals surface area (Å²) < 4.78 is 42.1.